The number of ether oxygens (including phenoxy) is 2. The first-order valence-corrected chi connectivity index (χ1v) is 5.11. The number of rotatable bonds is 5. The van der Waals surface area contributed by atoms with Crippen LogP contribution in [0.1, 0.15) is 0 Å². The summed E-state index contributed by atoms with van der Waals surface area (Å²) in [6.45, 7) is -0.792. The van der Waals surface area contributed by atoms with Crippen LogP contribution in [0.2, 0.25) is 0 Å². The topological polar surface area (TPSA) is 105 Å². The summed E-state index contributed by atoms with van der Waals surface area (Å²) in [5, 5.41) is 19.2. The standard InChI is InChI=1S/C11H13NO6/c13-6-8(12-10(14)15)7-17-11(16)18-9-4-2-1-3-5-9/h1-5,8,12-13H,6-7H2,(H,14,15). The van der Waals surface area contributed by atoms with Crippen molar-refractivity contribution in [3.05, 3.63) is 30.3 Å². The van der Waals surface area contributed by atoms with E-state index in [1.54, 1.807) is 30.3 Å². The summed E-state index contributed by atoms with van der Waals surface area (Å²) in [6, 6.07) is 7.39. The van der Waals surface area contributed by atoms with E-state index in [9.17, 15) is 9.59 Å². The maximum atomic E-state index is 11.2. The molecule has 0 aliphatic rings. The van der Waals surface area contributed by atoms with Crippen LogP contribution in [0.5, 0.6) is 5.75 Å². The Morgan fingerprint density at radius 1 is 1.28 bits per heavy atom. The van der Waals surface area contributed by atoms with Gasteiger partial charge in [-0.3, -0.25) is 0 Å². The lowest BCUT2D eigenvalue weighted by atomic mass is 10.3. The van der Waals surface area contributed by atoms with Gasteiger partial charge in [0.15, 0.2) is 0 Å². The predicted molar refractivity (Wildman–Crippen MR) is 60.5 cm³/mol. The molecule has 0 aliphatic carbocycles. The number of carbonyl (C=O) groups is 2. The monoisotopic (exact) mass is 255 g/mol. The maximum absolute atomic E-state index is 11.2. The molecule has 1 rings (SSSR count). The van der Waals surface area contributed by atoms with E-state index in [1.807, 2.05) is 5.32 Å². The highest BCUT2D eigenvalue weighted by Gasteiger charge is 2.14. The fraction of sp³-hybridized carbons (Fsp3) is 0.273. The molecule has 1 aromatic carbocycles. The third-order valence-electron chi connectivity index (χ3n) is 1.89. The highest BCUT2D eigenvalue weighted by atomic mass is 16.7. The van der Waals surface area contributed by atoms with Gasteiger partial charge >= 0.3 is 12.2 Å². The molecular formula is C11H13NO6. The summed E-state index contributed by atoms with van der Waals surface area (Å²) >= 11 is 0. The van der Waals surface area contributed by atoms with Gasteiger partial charge in [0.25, 0.3) is 0 Å². The number of aliphatic hydroxyl groups excluding tert-OH is 1. The fourth-order valence-corrected chi connectivity index (χ4v) is 1.10. The van der Waals surface area contributed by atoms with Crippen LogP contribution in [0.15, 0.2) is 30.3 Å². The number of nitrogens with one attached hydrogen (secondary N) is 1. The van der Waals surface area contributed by atoms with Crippen molar-refractivity contribution in [2.24, 2.45) is 0 Å². The Labute approximate surface area is 103 Å². The summed E-state index contributed by atoms with van der Waals surface area (Å²) < 4.78 is 9.45. The van der Waals surface area contributed by atoms with Crippen LogP contribution >= 0.6 is 0 Å². The van der Waals surface area contributed by atoms with Crippen molar-refractivity contribution in [3.8, 4) is 5.75 Å². The van der Waals surface area contributed by atoms with Gasteiger partial charge in [-0.05, 0) is 12.1 Å². The minimum atomic E-state index is -1.31. The molecule has 0 radical (unpaired) electrons. The summed E-state index contributed by atoms with van der Waals surface area (Å²) in [5.41, 5.74) is 0. The van der Waals surface area contributed by atoms with Crippen LogP contribution in [-0.2, 0) is 4.74 Å². The summed E-state index contributed by atoms with van der Waals surface area (Å²) in [4.78, 5) is 21.5. The Bertz CT molecular complexity index is 394. The molecule has 3 N–H and O–H groups in total. The molecule has 0 aromatic heterocycles. The molecule has 0 saturated carbocycles. The van der Waals surface area contributed by atoms with Crippen LogP contribution in [0.3, 0.4) is 0 Å². The van der Waals surface area contributed by atoms with Crippen molar-refractivity contribution in [1.82, 2.24) is 5.32 Å². The molecule has 0 aliphatic heterocycles. The number of benzene rings is 1. The average Bonchev–Trinajstić information content (AvgIpc) is 2.35. The van der Waals surface area contributed by atoms with Gasteiger partial charge in [0.05, 0.1) is 12.6 Å². The van der Waals surface area contributed by atoms with E-state index in [1.165, 1.54) is 0 Å². The second-order valence-corrected chi connectivity index (χ2v) is 3.31. The SMILES string of the molecule is O=C(O)NC(CO)COC(=O)Oc1ccccc1. The van der Waals surface area contributed by atoms with E-state index in [0.717, 1.165) is 0 Å². The van der Waals surface area contributed by atoms with Crippen LogP contribution in [0, 0.1) is 0 Å². The fourth-order valence-electron chi connectivity index (χ4n) is 1.10. The van der Waals surface area contributed by atoms with Gasteiger partial charge in [-0.15, -0.1) is 0 Å². The first kappa shape index (κ1) is 13.8. The Hall–Kier alpha value is -2.28. The number of carboxylic acid groups (broad SMARTS) is 1. The average molecular weight is 255 g/mol. The zero-order valence-electron chi connectivity index (χ0n) is 9.41. The third kappa shape index (κ3) is 5.17. The van der Waals surface area contributed by atoms with Gasteiger partial charge < -0.3 is 25.0 Å². The third-order valence-corrected chi connectivity index (χ3v) is 1.89. The molecule has 0 spiro atoms. The molecule has 0 bridgehead atoms. The number of hydrogen-bond acceptors (Lipinski definition) is 5. The molecule has 18 heavy (non-hydrogen) atoms. The molecule has 98 valence electrons. The Balaban J connectivity index is 2.34. The largest absolute Gasteiger partial charge is 0.513 e. The lowest BCUT2D eigenvalue weighted by Gasteiger charge is -2.13. The number of amides is 1. The molecule has 0 fully saturated rings. The molecule has 1 unspecified atom stereocenters. The van der Waals surface area contributed by atoms with Crippen molar-refractivity contribution in [2.45, 2.75) is 6.04 Å². The highest BCUT2D eigenvalue weighted by Crippen LogP contribution is 2.09. The van der Waals surface area contributed by atoms with Crippen LogP contribution in [0.4, 0.5) is 9.59 Å². The summed E-state index contributed by atoms with van der Waals surface area (Å²) in [6.07, 6.45) is -2.28. The molecular weight excluding hydrogens is 242 g/mol. The maximum Gasteiger partial charge on any atom is 0.513 e. The van der Waals surface area contributed by atoms with Crippen molar-refractivity contribution in [3.63, 3.8) is 0 Å². The number of para-hydroxylation sites is 1. The van der Waals surface area contributed by atoms with Crippen molar-refractivity contribution < 1.29 is 29.3 Å². The second-order valence-electron chi connectivity index (χ2n) is 3.31. The zero-order chi connectivity index (χ0) is 13.4. The Morgan fingerprint density at radius 2 is 1.94 bits per heavy atom. The quantitative estimate of drug-likeness (QED) is 0.531. The lowest BCUT2D eigenvalue weighted by Crippen LogP contribution is -2.40. The van der Waals surface area contributed by atoms with E-state index in [0.29, 0.717) is 5.75 Å². The first-order valence-electron chi connectivity index (χ1n) is 5.11. The molecule has 1 atom stereocenters. The normalized spacial score (nSPS) is 11.4. The summed E-state index contributed by atoms with van der Waals surface area (Å²) in [7, 11) is 0. The van der Waals surface area contributed by atoms with E-state index >= 15 is 0 Å². The Morgan fingerprint density at radius 3 is 2.50 bits per heavy atom. The lowest BCUT2D eigenvalue weighted by molar-refractivity contribution is 0.0781. The van der Waals surface area contributed by atoms with Crippen molar-refractivity contribution in [2.75, 3.05) is 13.2 Å². The van der Waals surface area contributed by atoms with Gasteiger partial charge in [0, 0.05) is 0 Å². The predicted octanol–water partition coefficient (Wildman–Crippen LogP) is 0.831. The van der Waals surface area contributed by atoms with E-state index in [2.05, 4.69) is 4.74 Å². The van der Waals surface area contributed by atoms with Gasteiger partial charge in [0.2, 0.25) is 0 Å². The minimum absolute atomic E-state index is 0.311. The summed E-state index contributed by atoms with van der Waals surface area (Å²) in [5.74, 6) is 0.314. The van der Waals surface area contributed by atoms with Gasteiger partial charge in [-0.2, -0.15) is 0 Å². The molecule has 0 heterocycles. The Kier molecular flexibility index (Phi) is 5.46. The molecule has 7 nitrogen and oxygen atoms in total. The van der Waals surface area contributed by atoms with Crippen molar-refractivity contribution in [1.29, 1.82) is 0 Å². The van der Waals surface area contributed by atoms with E-state index < -0.39 is 24.9 Å². The van der Waals surface area contributed by atoms with Crippen molar-refractivity contribution >= 4 is 12.2 Å². The molecule has 1 aromatic rings. The second kappa shape index (κ2) is 7.13. The van der Waals surface area contributed by atoms with E-state index in [-0.39, 0.29) is 6.61 Å². The van der Waals surface area contributed by atoms with Gasteiger partial charge in [-0.1, -0.05) is 18.2 Å². The molecule has 7 heteroatoms. The van der Waals surface area contributed by atoms with Crippen LogP contribution < -0.4 is 10.1 Å². The number of hydrogen-bond donors (Lipinski definition) is 3. The number of carbonyl (C=O) groups excluding carboxylic acids is 1. The minimum Gasteiger partial charge on any atom is -0.465 e. The van der Waals surface area contributed by atoms with Gasteiger partial charge in [0.1, 0.15) is 12.4 Å². The van der Waals surface area contributed by atoms with E-state index in [4.69, 9.17) is 14.9 Å². The van der Waals surface area contributed by atoms with Crippen LogP contribution in [0.25, 0.3) is 0 Å². The zero-order valence-corrected chi connectivity index (χ0v) is 9.41. The highest BCUT2D eigenvalue weighted by molar-refractivity contribution is 5.65. The smallest absolute Gasteiger partial charge is 0.465 e. The number of aliphatic hydroxyl groups is 1. The first-order chi connectivity index (χ1) is 8.61. The van der Waals surface area contributed by atoms with Crippen LogP contribution in [-0.4, -0.2) is 41.7 Å². The van der Waals surface area contributed by atoms with Gasteiger partial charge in [-0.25, -0.2) is 9.59 Å². The molecule has 1 amide bonds. The molecule has 0 saturated heterocycles.